The summed E-state index contributed by atoms with van der Waals surface area (Å²) in [5.41, 5.74) is 0. The maximum Gasteiger partial charge on any atom is 0.194 e. The van der Waals surface area contributed by atoms with Gasteiger partial charge in [0.1, 0.15) is 5.82 Å². The van der Waals surface area contributed by atoms with Gasteiger partial charge in [-0.25, -0.2) is 17.6 Å². The third-order valence-corrected chi connectivity index (χ3v) is 6.84. The van der Waals surface area contributed by atoms with Gasteiger partial charge >= 0.3 is 0 Å². The van der Waals surface area contributed by atoms with Crippen molar-refractivity contribution in [3.8, 4) is 0 Å². The Morgan fingerprint density at radius 1 is 0.611 bits per heavy atom. The molecule has 102 valence electrons. The van der Waals surface area contributed by atoms with E-state index in [-0.39, 0.29) is 0 Å². The van der Waals surface area contributed by atoms with E-state index in [9.17, 15) is 17.6 Å². The van der Waals surface area contributed by atoms with Crippen LogP contribution in [0, 0.1) is 23.3 Å². The average Bonchev–Trinajstić information content (AvgIpc) is 2.09. The van der Waals surface area contributed by atoms with Gasteiger partial charge in [-0.15, -0.1) is 0 Å². The Labute approximate surface area is 114 Å². The van der Waals surface area contributed by atoms with Crippen molar-refractivity contribution in [2.24, 2.45) is 0 Å². The molecule has 0 aromatic heterocycles. The highest BCUT2D eigenvalue weighted by Crippen LogP contribution is 2.21. The first-order chi connectivity index (χ1) is 7.89. The molecular formula is C10H12Cl2F4Si2. The summed E-state index contributed by atoms with van der Waals surface area (Å²) in [5.74, 6) is -5.93. The fourth-order valence-corrected chi connectivity index (χ4v) is 5.36. The molecule has 0 amide bonds. The van der Waals surface area contributed by atoms with Crippen molar-refractivity contribution in [1.29, 1.82) is 0 Å². The van der Waals surface area contributed by atoms with E-state index in [0.29, 0.717) is 0 Å². The Bertz CT molecular complexity index is 451. The summed E-state index contributed by atoms with van der Waals surface area (Å²) < 4.78 is 55.0. The van der Waals surface area contributed by atoms with Crippen molar-refractivity contribution in [3.63, 3.8) is 0 Å². The van der Waals surface area contributed by atoms with E-state index in [1.165, 1.54) is 26.2 Å². The highest BCUT2D eigenvalue weighted by atomic mass is 35.6. The third kappa shape index (κ3) is 2.76. The van der Waals surface area contributed by atoms with E-state index < -0.39 is 48.4 Å². The first kappa shape index (κ1) is 16.0. The Hall–Kier alpha value is -0.0462. The molecule has 0 unspecified atom stereocenters. The molecule has 0 N–H and O–H groups in total. The predicted octanol–water partition coefficient (Wildman–Crippen LogP) is 3.54. The number of rotatable bonds is 2. The van der Waals surface area contributed by atoms with Crippen molar-refractivity contribution >= 4 is 47.3 Å². The van der Waals surface area contributed by atoms with Crippen LogP contribution < -0.4 is 10.4 Å². The van der Waals surface area contributed by atoms with E-state index >= 15 is 0 Å². The van der Waals surface area contributed by atoms with Gasteiger partial charge in [0.15, 0.2) is 32.2 Å². The van der Waals surface area contributed by atoms with Crippen molar-refractivity contribution in [2.45, 2.75) is 26.2 Å². The molecule has 8 heteroatoms. The molecule has 0 atom stereocenters. The quantitative estimate of drug-likeness (QED) is 0.255. The van der Waals surface area contributed by atoms with Gasteiger partial charge in [-0.05, 0) is 0 Å². The van der Waals surface area contributed by atoms with Crippen LogP contribution >= 0.6 is 22.2 Å². The van der Waals surface area contributed by atoms with Crippen LogP contribution in [0.25, 0.3) is 0 Å². The van der Waals surface area contributed by atoms with Crippen molar-refractivity contribution in [1.82, 2.24) is 0 Å². The minimum absolute atomic E-state index is 0.556. The second-order valence-corrected chi connectivity index (χ2v) is 17.5. The summed E-state index contributed by atoms with van der Waals surface area (Å²) in [6, 6.07) is 0. The van der Waals surface area contributed by atoms with Crippen LogP contribution in [0.5, 0.6) is 0 Å². The summed E-state index contributed by atoms with van der Waals surface area (Å²) in [4.78, 5) is 0. The van der Waals surface area contributed by atoms with Crippen molar-refractivity contribution < 1.29 is 17.6 Å². The van der Waals surface area contributed by atoms with Crippen molar-refractivity contribution in [3.05, 3.63) is 23.3 Å². The molecule has 1 rings (SSSR count). The van der Waals surface area contributed by atoms with Crippen LogP contribution in [-0.4, -0.2) is 14.8 Å². The van der Waals surface area contributed by atoms with Crippen LogP contribution in [0.4, 0.5) is 17.6 Å². The van der Waals surface area contributed by atoms with Crippen LogP contribution in [0.1, 0.15) is 0 Å². The van der Waals surface area contributed by atoms with Gasteiger partial charge in [-0.3, -0.25) is 0 Å². The highest BCUT2D eigenvalue weighted by Gasteiger charge is 2.39. The molecule has 0 spiro atoms. The minimum Gasteiger partial charge on any atom is -0.207 e. The van der Waals surface area contributed by atoms with Crippen molar-refractivity contribution in [2.75, 3.05) is 0 Å². The maximum atomic E-state index is 14.2. The first-order valence-corrected chi connectivity index (χ1v) is 13.2. The van der Waals surface area contributed by atoms with Gasteiger partial charge in [-0.2, -0.15) is 22.2 Å². The van der Waals surface area contributed by atoms with E-state index in [1.807, 2.05) is 0 Å². The van der Waals surface area contributed by atoms with E-state index in [0.717, 1.165) is 0 Å². The molecule has 1 aromatic rings. The zero-order valence-corrected chi connectivity index (χ0v) is 13.8. The lowest BCUT2D eigenvalue weighted by Gasteiger charge is -2.23. The molecule has 0 aliphatic carbocycles. The SMILES string of the molecule is C[Si](C)(Cl)c1c(F)c(F)c(F)c([Si](C)(C)Cl)c1F. The van der Waals surface area contributed by atoms with Crippen LogP contribution in [0.3, 0.4) is 0 Å². The Morgan fingerprint density at radius 2 is 0.889 bits per heavy atom. The maximum absolute atomic E-state index is 14.2. The zero-order chi connectivity index (χ0) is 14.5. The van der Waals surface area contributed by atoms with E-state index in [2.05, 4.69) is 0 Å². The zero-order valence-electron chi connectivity index (χ0n) is 10.3. The number of benzene rings is 1. The lowest BCUT2D eigenvalue weighted by molar-refractivity contribution is 0.445. The standard InChI is InChI=1S/C10H12Cl2F4Si2/c1-17(2,11)9-6(14)5(13)7(15)10(8(9)16)18(3,4)12/h1-4H3. The molecular weight excluding hydrogens is 323 g/mol. The number of hydrogen-bond acceptors (Lipinski definition) is 0. The lowest BCUT2D eigenvalue weighted by atomic mass is 10.3. The van der Waals surface area contributed by atoms with Gasteiger partial charge in [0.25, 0.3) is 0 Å². The lowest BCUT2D eigenvalue weighted by Crippen LogP contribution is -2.51. The van der Waals surface area contributed by atoms with Gasteiger partial charge in [-0.1, -0.05) is 26.2 Å². The summed E-state index contributed by atoms with van der Waals surface area (Å²) >= 11 is 11.9. The Kier molecular flexibility index (Phi) is 4.28. The molecule has 0 saturated carbocycles. The number of halogens is 6. The fourth-order valence-electron chi connectivity index (χ4n) is 1.68. The van der Waals surface area contributed by atoms with Gasteiger partial charge < -0.3 is 0 Å². The van der Waals surface area contributed by atoms with Gasteiger partial charge in [0.05, 0.1) is 0 Å². The third-order valence-electron chi connectivity index (χ3n) is 2.45. The molecule has 0 nitrogen and oxygen atoms in total. The summed E-state index contributed by atoms with van der Waals surface area (Å²) in [6.07, 6.45) is 0. The van der Waals surface area contributed by atoms with Gasteiger partial charge in [0.2, 0.25) is 0 Å². The van der Waals surface area contributed by atoms with E-state index in [1.54, 1.807) is 0 Å². The second-order valence-electron chi connectivity index (χ2n) is 4.95. The monoisotopic (exact) mass is 334 g/mol. The first-order valence-electron chi connectivity index (χ1n) is 5.13. The van der Waals surface area contributed by atoms with Crippen LogP contribution in [-0.2, 0) is 0 Å². The molecule has 0 saturated heterocycles. The molecule has 0 fully saturated rings. The molecule has 0 aliphatic rings. The second kappa shape index (κ2) is 4.81. The van der Waals surface area contributed by atoms with E-state index in [4.69, 9.17) is 22.2 Å². The molecule has 0 heterocycles. The smallest absolute Gasteiger partial charge is 0.194 e. The topological polar surface area (TPSA) is 0 Å². The molecule has 0 aliphatic heterocycles. The largest absolute Gasteiger partial charge is 0.207 e. The van der Waals surface area contributed by atoms with Crippen LogP contribution in [0.2, 0.25) is 26.2 Å². The Morgan fingerprint density at radius 3 is 1.11 bits per heavy atom. The normalized spacial score (nSPS) is 13.0. The molecule has 1 aromatic carbocycles. The highest BCUT2D eigenvalue weighted by molar-refractivity contribution is 7.27. The average molecular weight is 335 g/mol. The molecule has 18 heavy (non-hydrogen) atoms. The Balaban J connectivity index is 3.83. The summed E-state index contributed by atoms with van der Waals surface area (Å²) in [6.45, 7) is 5.72. The summed E-state index contributed by atoms with van der Waals surface area (Å²) in [7, 11) is -6.02. The molecule has 0 bridgehead atoms. The minimum atomic E-state index is -3.01. The van der Waals surface area contributed by atoms with Gasteiger partial charge in [0, 0.05) is 10.4 Å². The molecule has 0 radical (unpaired) electrons. The number of hydrogen-bond donors (Lipinski definition) is 0. The summed E-state index contributed by atoms with van der Waals surface area (Å²) in [5, 5.41) is -1.11. The fraction of sp³-hybridized carbons (Fsp3) is 0.400. The van der Waals surface area contributed by atoms with Crippen LogP contribution in [0.15, 0.2) is 0 Å². The predicted molar refractivity (Wildman–Crippen MR) is 72.2 cm³/mol.